The molecule has 5 nitrogen and oxygen atoms in total. The number of esters is 1. The third kappa shape index (κ3) is 6.45. The molecule has 0 rings (SSSR count). The Hall–Kier alpha value is -1.07. The minimum Gasteiger partial charge on any atom is -0.466 e. The lowest BCUT2D eigenvalue weighted by Crippen LogP contribution is -2.18. The zero-order valence-electron chi connectivity index (χ0n) is 8.69. The van der Waals surface area contributed by atoms with Crippen molar-refractivity contribution in [3.63, 3.8) is 0 Å². The van der Waals surface area contributed by atoms with Crippen LogP contribution in [-0.4, -0.2) is 32.8 Å². The average molecular weight is 204 g/mol. The Morgan fingerprint density at radius 3 is 2.29 bits per heavy atom. The van der Waals surface area contributed by atoms with Crippen molar-refractivity contribution in [2.75, 3.05) is 20.3 Å². The zero-order valence-corrected chi connectivity index (χ0v) is 8.69. The molecule has 0 aromatic rings. The number of methoxy groups -OCH3 is 1. The number of hydrogen-bond acceptors (Lipinski definition) is 5. The van der Waals surface area contributed by atoms with E-state index in [9.17, 15) is 4.79 Å². The van der Waals surface area contributed by atoms with Crippen LogP contribution in [0.2, 0.25) is 0 Å². The van der Waals surface area contributed by atoms with Crippen molar-refractivity contribution in [3.8, 4) is 0 Å². The van der Waals surface area contributed by atoms with Gasteiger partial charge in [0.2, 0.25) is 0 Å². The molecular weight excluding hydrogens is 188 g/mol. The summed E-state index contributed by atoms with van der Waals surface area (Å²) in [5.74, 6) is -0.489. The van der Waals surface area contributed by atoms with Crippen molar-refractivity contribution in [1.82, 2.24) is 0 Å². The minimum absolute atomic E-state index is 0.469. The third-order valence-electron chi connectivity index (χ3n) is 1.20. The van der Waals surface area contributed by atoms with Crippen LogP contribution >= 0.6 is 0 Å². The van der Waals surface area contributed by atoms with Crippen molar-refractivity contribution < 1.29 is 23.7 Å². The van der Waals surface area contributed by atoms with E-state index in [2.05, 4.69) is 4.74 Å². The van der Waals surface area contributed by atoms with Gasteiger partial charge in [-0.05, 0) is 13.8 Å². The fourth-order valence-electron chi connectivity index (χ4n) is 0.626. The maximum atomic E-state index is 10.6. The van der Waals surface area contributed by atoms with E-state index in [-0.39, 0.29) is 0 Å². The molecule has 14 heavy (non-hydrogen) atoms. The van der Waals surface area contributed by atoms with Gasteiger partial charge in [0, 0.05) is 0 Å². The second-order valence-electron chi connectivity index (χ2n) is 2.16. The molecule has 0 amide bonds. The van der Waals surface area contributed by atoms with Gasteiger partial charge in [-0.1, -0.05) is 0 Å². The molecule has 0 saturated heterocycles. The van der Waals surface area contributed by atoms with Crippen molar-refractivity contribution >= 4 is 5.97 Å². The van der Waals surface area contributed by atoms with Gasteiger partial charge in [0.25, 0.3) is 0 Å². The number of carbonyl (C=O) groups is 1. The number of carbonyl (C=O) groups excluding carboxylic acids is 1. The van der Waals surface area contributed by atoms with E-state index in [1.807, 2.05) is 13.8 Å². The normalized spacial score (nSPS) is 10.9. The monoisotopic (exact) mass is 204 g/mol. The second-order valence-corrected chi connectivity index (χ2v) is 2.16. The first kappa shape index (κ1) is 12.9. The van der Waals surface area contributed by atoms with Crippen LogP contribution in [0.25, 0.3) is 0 Å². The van der Waals surface area contributed by atoms with Gasteiger partial charge < -0.3 is 18.9 Å². The summed E-state index contributed by atoms with van der Waals surface area (Å²) in [5.41, 5.74) is 0. The Bertz CT molecular complexity index is 172. The van der Waals surface area contributed by atoms with Crippen molar-refractivity contribution in [2.24, 2.45) is 0 Å². The molecule has 0 unspecified atom stereocenters. The van der Waals surface area contributed by atoms with Crippen LogP contribution in [0.1, 0.15) is 13.8 Å². The summed E-state index contributed by atoms with van der Waals surface area (Å²) in [5, 5.41) is 0. The van der Waals surface area contributed by atoms with Crippen LogP contribution in [0, 0.1) is 0 Å². The first-order valence-corrected chi connectivity index (χ1v) is 4.37. The van der Waals surface area contributed by atoms with Gasteiger partial charge in [0.15, 0.2) is 0 Å². The number of ether oxygens (including phenoxy) is 4. The van der Waals surface area contributed by atoms with Gasteiger partial charge in [-0.3, -0.25) is 0 Å². The first-order valence-electron chi connectivity index (χ1n) is 4.37. The molecule has 0 fully saturated rings. The van der Waals surface area contributed by atoms with Crippen molar-refractivity contribution in [1.29, 1.82) is 0 Å². The summed E-state index contributed by atoms with van der Waals surface area (Å²) in [6.07, 6.45) is 2.33. The van der Waals surface area contributed by atoms with Crippen LogP contribution in [-0.2, 0) is 23.7 Å². The van der Waals surface area contributed by atoms with E-state index in [0.29, 0.717) is 13.2 Å². The van der Waals surface area contributed by atoms with E-state index >= 15 is 0 Å². The molecule has 0 heterocycles. The second kappa shape index (κ2) is 8.52. The van der Waals surface area contributed by atoms with E-state index in [4.69, 9.17) is 14.2 Å². The van der Waals surface area contributed by atoms with Crippen LogP contribution in [0.4, 0.5) is 0 Å². The Morgan fingerprint density at radius 2 is 1.86 bits per heavy atom. The molecule has 0 aliphatic heterocycles. The highest BCUT2D eigenvalue weighted by molar-refractivity contribution is 5.81. The standard InChI is InChI=1S/C9H16O5/c1-4-12-9(13-5-2)14-7-6-8(10)11-3/h6-7,9H,4-5H2,1-3H3/b7-6+. The average Bonchev–Trinajstić information content (AvgIpc) is 2.18. The SMILES string of the molecule is CCOC(O/C=C/C(=O)OC)OCC. The molecule has 0 N–H and O–H groups in total. The molecule has 0 atom stereocenters. The van der Waals surface area contributed by atoms with E-state index in [1.165, 1.54) is 13.4 Å². The predicted octanol–water partition coefficient (Wildman–Crippen LogP) is 1.05. The molecule has 0 aliphatic rings. The fraction of sp³-hybridized carbons (Fsp3) is 0.667. The van der Waals surface area contributed by atoms with Crippen molar-refractivity contribution in [3.05, 3.63) is 12.3 Å². The summed E-state index contributed by atoms with van der Waals surface area (Å²) in [7, 11) is 1.29. The van der Waals surface area contributed by atoms with Crippen LogP contribution < -0.4 is 0 Å². The smallest absolute Gasteiger partial charge is 0.333 e. The zero-order chi connectivity index (χ0) is 10.8. The molecule has 0 bridgehead atoms. The molecule has 0 aromatic heterocycles. The number of hydrogen-bond donors (Lipinski definition) is 0. The number of rotatable bonds is 7. The highest BCUT2D eigenvalue weighted by atomic mass is 16.8. The Kier molecular flexibility index (Phi) is 7.87. The molecule has 82 valence electrons. The molecule has 0 radical (unpaired) electrons. The van der Waals surface area contributed by atoms with Gasteiger partial charge in [-0.2, -0.15) is 0 Å². The molecule has 0 spiro atoms. The highest BCUT2D eigenvalue weighted by Crippen LogP contribution is 1.98. The van der Waals surface area contributed by atoms with Gasteiger partial charge in [0.05, 0.1) is 32.7 Å². The van der Waals surface area contributed by atoms with Crippen molar-refractivity contribution in [2.45, 2.75) is 20.3 Å². The Morgan fingerprint density at radius 1 is 1.29 bits per heavy atom. The van der Waals surface area contributed by atoms with Crippen LogP contribution in [0.15, 0.2) is 12.3 Å². The molecule has 0 aliphatic carbocycles. The van der Waals surface area contributed by atoms with Gasteiger partial charge in [0.1, 0.15) is 0 Å². The topological polar surface area (TPSA) is 54.0 Å². The Balaban J connectivity index is 3.79. The fourth-order valence-corrected chi connectivity index (χ4v) is 0.626. The van der Waals surface area contributed by atoms with E-state index < -0.39 is 12.4 Å². The predicted molar refractivity (Wildman–Crippen MR) is 49.3 cm³/mol. The lowest BCUT2D eigenvalue weighted by atomic mass is 10.6. The summed E-state index contributed by atoms with van der Waals surface area (Å²) in [6, 6.07) is 0. The third-order valence-corrected chi connectivity index (χ3v) is 1.20. The van der Waals surface area contributed by atoms with Crippen LogP contribution in [0.3, 0.4) is 0 Å². The lowest BCUT2D eigenvalue weighted by Gasteiger charge is -2.14. The van der Waals surface area contributed by atoms with Gasteiger partial charge in [-0.15, -0.1) is 0 Å². The summed E-state index contributed by atoms with van der Waals surface area (Å²) in [4.78, 5) is 10.6. The van der Waals surface area contributed by atoms with E-state index in [1.54, 1.807) is 0 Å². The summed E-state index contributed by atoms with van der Waals surface area (Å²) >= 11 is 0. The first-order chi connectivity index (χ1) is 6.74. The highest BCUT2D eigenvalue weighted by Gasteiger charge is 2.05. The quantitative estimate of drug-likeness (QED) is 0.268. The molecular formula is C9H16O5. The summed E-state index contributed by atoms with van der Waals surface area (Å²) < 4.78 is 19.4. The summed E-state index contributed by atoms with van der Waals surface area (Å²) in [6.45, 7) is 3.80. The maximum Gasteiger partial charge on any atom is 0.333 e. The van der Waals surface area contributed by atoms with Crippen LogP contribution in [0.5, 0.6) is 0 Å². The maximum absolute atomic E-state index is 10.6. The minimum atomic E-state index is -0.772. The molecule has 5 heteroatoms. The molecule has 0 saturated carbocycles. The molecule has 0 aromatic carbocycles. The van der Waals surface area contributed by atoms with E-state index in [0.717, 1.165) is 6.08 Å². The largest absolute Gasteiger partial charge is 0.466 e. The lowest BCUT2D eigenvalue weighted by molar-refractivity contribution is -0.261. The Labute approximate surface area is 83.6 Å². The van der Waals surface area contributed by atoms with Gasteiger partial charge >= 0.3 is 12.4 Å². The van der Waals surface area contributed by atoms with Gasteiger partial charge in [-0.25, -0.2) is 4.79 Å².